The molecule has 0 aliphatic heterocycles. The quantitative estimate of drug-likeness (QED) is 0.912. The maximum Gasteiger partial charge on any atom is 0.416 e. The van der Waals surface area contributed by atoms with Crippen LogP contribution in [-0.2, 0) is 6.18 Å². The Morgan fingerprint density at radius 1 is 1.15 bits per heavy atom. The zero-order valence-corrected chi connectivity index (χ0v) is 10.5. The Kier molecular flexibility index (Phi) is 3.74. The van der Waals surface area contributed by atoms with E-state index in [1.807, 2.05) is 0 Å². The maximum absolute atomic E-state index is 12.4. The van der Waals surface area contributed by atoms with E-state index in [9.17, 15) is 18.0 Å². The van der Waals surface area contributed by atoms with E-state index in [2.05, 4.69) is 10.3 Å². The number of carbonyl (C=O) groups is 1. The van der Waals surface area contributed by atoms with E-state index in [4.69, 9.17) is 0 Å². The van der Waals surface area contributed by atoms with E-state index in [1.54, 1.807) is 19.1 Å². The molecular weight excluding hydrogens is 269 g/mol. The summed E-state index contributed by atoms with van der Waals surface area (Å²) in [6.45, 7) is 1.77. The van der Waals surface area contributed by atoms with E-state index >= 15 is 0 Å². The Balaban J connectivity index is 2.14. The van der Waals surface area contributed by atoms with E-state index in [-0.39, 0.29) is 5.56 Å². The van der Waals surface area contributed by atoms with Crippen LogP contribution < -0.4 is 5.32 Å². The summed E-state index contributed by atoms with van der Waals surface area (Å²) in [4.78, 5) is 15.9. The van der Waals surface area contributed by atoms with E-state index in [0.717, 1.165) is 30.0 Å². The third kappa shape index (κ3) is 3.34. The molecule has 1 aromatic heterocycles. The highest BCUT2D eigenvalue weighted by Crippen LogP contribution is 2.29. The smallest absolute Gasteiger partial charge is 0.322 e. The fraction of sp³-hybridized carbons (Fsp3) is 0.143. The first-order valence-electron chi connectivity index (χ1n) is 5.77. The molecule has 0 spiro atoms. The van der Waals surface area contributed by atoms with Crippen LogP contribution in [0, 0.1) is 6.92 Å². The maximum atomic E-state index is 12.4. The molecule has 3 nitrogen and oxygen atoms in total. The van der Waals surface area contributed by atoms with Crippen LogP contribution in [0.4, 0.5) is 18.9 Å². The highest BCUT2D eigenvalue weighted by Gasteiger charge is 2.30. The molecular formula is C14H11F3N2O. The van der Waals surface area contributed by atoms with Gasteiger partial charge < -0.3 is 5.32 Å². The number of benzene rings is 1. The van der Waals surface area contributed by atoms with Crippen LogP contribution in [0.5, 0.6) is 0 Å². The molecule has 1 heterocycles. The zero-order valence-electron chi connectivity index (χ0n) is 10.5. The van der Waals surface area contributed by atoms with Gasteiger partial charge in [0.15, 0.2) is 0 Å². The van der Waals surface area contributed by atoms with Crippen LogP contribution in [-0.4, -0.2) is 10.9 Å². The minimum Gasteiger partial charge on any atom is -0.322 e. The number of hydrogen-bond acceptors (Lipinski definition) is 2. The molecule has 6 heteroatoms. The second-order valence-corrected chi connectivity index (χ2v) is 4.22. The number of aryl methyl sites for hydroxylation is 1. The number of carbonyl (C=O) groups excluding carboxylic acids is 1. The first kappa shape index (κ1) is 14.0. The summed E-state index contributed by atoms with van der Waals surface area (Å²) < 4.78 is 37.2. The molecule has 0 saturated heterocycles. The molecule has 1 amide bonds. The highest BCUT2D eigenvalue weighted by molar-refractivity contribution is 6.04. The second kappa shape index (κ2) is 5.32. The van der Waals surface area contributed by atoms with Gasteiger partial charge in [0, 0.05) is 23.1 Å². The molecule has 1 N–H and O–H groups in total. The number of halogens is 3. The number of aromatic nitrogens is 1. The lowest BCUT2D eigenvalue weighted by Crippen LogP contribution is -2.13. The summed E-state index contributed by atoms with van der Waals surface area (Å²) in [7, 11) is 0. The van der Waals surface area contributed by atoms with E-state index in [1.165, 1.54) is 6.20 Å². The molecule has 0 saturated carbocycles. The van der Waals surface area contributed by atoms with Crippen LogP contribution in [0.25, 0.3) is 0 Å². The van der Waals surface area contributed by atoms with Crippen LogP contribution in [0.1, 0.15) is 21.6 Å². The summed E-state index contributed by atoms with van der Waals surface area (Å²) in [6, 6.07) is 7.33. The molecule has 0 aliphatic rings. The summed E-state index contributed by atoms with van der Waals surface area (Å²) in [5, 5.41) is 2.60. The number of alkyl halides is 3. The van der Waals surface area contributed by atoms with Gasteiger partial charge in [-0.1, -0.05) is 0 Å². The lowest BCUT2D eigenvalue weighted by molar-refractivity contribution is -0.137. The van der Waals surface area contributed by atoms with Gasteiger partial charge in [0.25, 0.3) is 5.91 Å². The van der Waals surface area contributed by atoms with Crippen molar-refractivity contribution in [1.82, 2.24) is 4.98 Å². The number of nitrogens with one attached hydrogen (secondary N) is 1. The second-order valence-electron chi connectivity index (χ2n) is 4.22. The van der Waals surface area contributed by atoms with Gasteiger partial charge in [-0.3, -0.25) is 9.78 Å². The van der Waals surface area contributed by atoms with Gasteiger partial charge in [-0.25, -0.2) is 0 Å². The van der Waals surface area contributed by atoms with Gasteiger partial charge in [0.1, 0.15) is 0 Å². The van der Waals surface area contributed by atoms with Crippen LogP contribution in [0.3, 0.4) is 0 Å². The number of anilines is 1. The molecule has 1 aromatic carbocycles. The molecule has 20 heavy (non-hydrogen) atoms. The van der Waals surface area contributed by atoms with Crippen LogP contribution in [0.2, 0.25) is 0 Å². The first-order valence-corrected chi connectivity index (χ1v) is 5.77. The molecule has 2 rings (SSSR count). The lowest BCUT2D eigenvalue weighted by atomic mass is 10.1. The van der Waals surface area contributed by atoms with Gasteiger partial charge in [0.2, 0.25) is 0 Å². The fourth-order valence-electron chi connectivity index (χ4n) is 1.64. The normalized spacial score (nSPS) is 11.2. The monoisotopic (exact) mass is 280 g/mol. The summed E-state index contributed by atoms with van der Waals surface area (Å²) in [5.41, 5.74) is 0.652. The standard InChI is InChI=1S/C14H11F3N2O/c1-9-8-12(6-7-18-9)19-13(20)10-2-4-11(5-3-10)14(15,16)17/h2-8H,1H3,(H,18,19,20). The molecule has 0 radical (unpaired) electrons. The molecule has 0 aliphatic carbocycles. The molecule has 0 fully saturated rings. The predicted octanol–water partition coefficient (Wildman–Crippen LogP) is 3.66. The summed E-state index contributed by atoms with van der Waals surface area (Å²) in [6.07, 6.45) is -2.87. The molecule has 2 aromatic rings. The van der Waals surface area contributed by atoms with Crippen molar-refractivity contribution >= 4 is 11.6 Å². The first-order chi connectivity index (χ1) is 9.36. The van der Waals surface area contributed by atoms with Crippen molar-refractivity contribution in [3.8, 4) is 0 Å². The SMILES string of the molecule is Cc1cc(NC(=O)c2ccc(C(F)(F)F)cc2)ccn1. The number of hydrogen-bond donors (Lipinski definition) is 1. The van der Waals surface area contributed by atoms with Gasteiger partial charge in [-0.15, -0.1) is 0 Å². The number of amides is 1. The van der Waals surface area contributed by atoms with E-state index < -0.39 is 17.6 Å². The summed E-state index contributed by atoms with van der Waals surface area (Å²) >= 11 is 0. The largest absolute Gasteiger partial charge is 0.416 e. The van der Waals surface area contributed by atoms with Crippen molar-refractivity contribution in [1.29, 1.82) is 0 Å². The Labute approximate surface area is 113 Å². The average molecular weight is 280 g/mol. The van der Waals surface area contributed by atoms with Crippen molar-refractivity contribution in [2.24, 2.45) is 0 Å². The van der Waals surface area contributed by atoms with Crippen molar-refractivity contribution in [2.75, 3.05) is 5.32 Å². The van der Waals surface area contributed by atoms with Gasteiger partial charge in [-0.2, -0.15) is 13.2 Å². The van der Waals surface area contributed by atoms with Crippen LogP contribution >= 0.6 is 0 Å². The van der Waals surface area contributed by atoms with Gasteiger partial charge in [0.05, 0.1) is 5.56 Å². The Morgan fingerprint density at radius 2 is 1.80 bits per heavy atom. The highest BCUT2D eigenvalue weighted by atomic mass is 19.4. The predicted molar refractivity (Wildman–Crippen MR) is 68.4 cm³/mol. The average Bonchev–Trinajstić information content (AvgIpc) is 2.38. The Hall–Kier alpha value is -2.37. The fourth-order valence-corrected chi connectivity index (χ4v) is 1.64. The van der Waals surface area contributed by atoms with Crippen LogP contribution in [0.15, 0.2) is 42.6 Å². The van der Waals surface area contributed by atoms with Crippen molar-refractivity contribution < 1.29 is 18.0 Å². The van der Waals surface area contributed by atoms with Crippen molar-refractivity contribution in [3.05, 3.63) is 59.4 Å². The van der Waals surface area contributed by atoms with Crippen molar-refractivity contribution in [2.45, 2.75) is 13.1 Å². The van der Waals surface area contributed by atoms with Gasteiger partial charge >= 0.3 is 6.18 Å². The Bertz CT molecular complexity index is 621. The van der Waals surface area contributed by atoms with Crippen molar-refractivity contribution in [3.63, 3.8) is 0 Å². The molecule has 0 atom stereocenters. The molecule has 0 unspecified atom stereocenters. The minimum atomic E-state index is -4.41. The third-order valence-electron chi connectivity index (χ3n) is 2.63. The minimum absolute atomic E-state index is 0.160. The molecule has 0 bridgehead atoms. The summed E-state index contributed by atoms with van der Waals surface area (Å²) in [5.74, 6) is -0.468. The number of rotatable bonds is 2. The zero-order chi connectivity index (χ0) is 14.8. The lowest BCUT2D eigenvalue weighted by Gasteiger charge is -2.08. The topological polar surface area (TPSA) is 42.0 Å². The van der Waals surface area contributed by atoms with Gasteiger partial charge in [-0.05, 0) is 43.3 Å². The van der Waals surface area contributed by atoms with E-state index in [0.29, 0.717) is 5.69 Å². The number of pyridine rings is 1. The third-order valence-corrected chi connectivity index (χ3v) is 2.63. The molecule has 104 valence electrons. The Morgan fingerprint density at radius 3 is 2.35 bits per heavy atom. The number of nitrogens with zero attached hydrogens (tertiary/aromatic N) is 1.